The van der Waals surface area contributed by atoms with E-state index in [1.165, 1.54) is 0 Å². The molecule has 8 heteroatoms. The lowest BCUT2D eigenvalue weighted by molar-refractivity contribution is -0.385. The zero-order chi connectivity index (χ0) is 14.5. The molecule has 0 atom stereocenters. The van der Waals surface area contributed by atoms with Crippen molar-refractivity contribution in [2.24, 2.45) is 11.8 Å². The number of rotatable bonds is 5. The minimum atomic E-state index is -0.713. The molecule has 0 bridgehead atoms. The number of aromatic nitrogens is 2. The molecule has 0 aromatic carbocycles. The van der Waals surface area contributed by atoms with Gasteiger partial charge in [0.05, 0.1) is 10.8 Å². The number of nitrogens with zero attached hydrogens (tertiary/aromatic N) is 3. The van der Waals surface area contributed by atoms with Gasteiger partial charge >= 0.3 is 11.7 Å². The number of carbonyl (C=O) groups is 1. The fourth-order valence-corrected chi connectivity index (χ4v) is 2.36. The Hall–Kier alpha value is -2.25. The van der Waals surface area contributed by atoms with E-state index in [9.17, 15) is 14.9 Å². The molecule has 1 fully saturated rings. The van der Waals surface area contributed by atoms with E-state index in [1.807, 2.05) is 0 Å². The van der Waals surface area contributed by atoms with Gasteiger partial charge in [0.1, 0.15) is 12.4 Å². The molecular weight excluding hydrogens is 264 g/mol. The Kier molecular flexibility index (Phi) is 4.44. The second-order valence-electron chi connectivity index (χ2n) is 4.96. The predicted molar refractivity (Wildman–Crippen MR) is 70.3 cm³/mol. The summed E-state index contributed by atoms with van der Waals surface area (Å²) in [5, 5.41) is 22.4. The van der Waals surface area contributed by atoms with Crippen LogP contribution in [0.3, 0.4) is 0 Å². The van der Waals surface area contributed by atoms with Crippen molar-refractivity contribution in [2.45, 2.75) is 25.7 Å². The van der Waals surface area contributed by atoms with Gasteiger partial charge in [-0.15, -0.1) is 0 Å². The van der Waals surface area contributed by atoms with Crippen LogP contribution in [-0.2, 0) is 4.79 Å². The Morgan fingerprint density at radius 2 is 1.95 bits per heavy atom. The largest absolute Gasteiger partial charge is 0.481 e. The van der Waals surface area contributed by atoms with E-state index < -0.39 is 10.9 Å². The summed E-state index contributed by atoms with van der Waals surface area (Å²) in [5.74, 6) is -0.183. The summed E-state index contributed by atoms with van der Waals surface area (Å²) in [7, 11) is 0. The molecule has 0 amide bonds. The maximum absolute atomic E-state index is 10.8. The van der Waals surface area contributed by atoms with Crippen molar-refractivity contribution < 1.29 is 14.8 Å². The Balaban J connectivity index is 1.78. The first-order valence-electron chi connectivity index (χ1n) is 6.49. The molecule has 108 valence electrons. The molecule has 1 aromatic heterocycles. The molecule has 2 N–H and O–H groups in total. The van der Waals surface area contributed by atoms with E-state index in [0.29, 0.717) is 31.3 Å². The van der Waals surface area contributed by atoms with Gasteiger partial charge in [-0.2, -0.15) is 0 Å². The summed E-state index contributed by atoms with van der Waals surface area (Å²) in [6, 6.07) is 0. The lowest BCUT2D eigenvalue weighted by atomic mass is 9.82. The minimum Gasteiger partial charge on any atom is -0.481 e. The standard InChI is InChI=1S/C12H16N4O4/c17-11(18)9-3-1-8(2-4-9)5-13-12-14-6-10(7-15-12)16(19)20/h6-9H,1-5H2,(H,17,18)(H,13,14,15). The molecule has 20 heavy (non-hydrogen) atoms. The molecule has 2 rings (SSSR count). The molecule has 1 aliphatic rings. The summed E-state index contributed by atoms with van der Waals surface area (Å²) >= 11 is 0. The van der Waals surface area contributed by atoms with Gasteiger partial charge in [0.15, 0.2) is 0 Å². The number of nitro groups is 1. The van der Waals surface area contributed by atoms with Crippen LogP contribution in [0.2, 0.25) is 0 Å². The van der Waals surface area contributed by atoms with E-state index in [4.69, 9.17) is 5.11 Å². The van der Waals surface area contributed by atoms with Crippen molar-refractivity contribution in [2.75, 3.05) is 11.9 Å². The van der Waals surface area contributed by atoms with Crippen LogP contribution in [0, 0.1) is 22.0 Å². The van der Waals surface area contributed by atoms with E-state index >= 15 is 0 Å². The van der Waals surface area contributed by atoms with Crippen LogP contribution >= 0.6 is 0 Å². The fourth-order valence-electron chi connectivity index (χ4n) is 2.36. The molecule has 1 aliphatic carbocycles. The highest BCUT2D eigenvalue weighted by Crippen LogP contribution is 2.28. The van der Waals surface area contributed by atoms with E-state index in [0.717, 1.165) is 25.2 Å². The monoisotopic (exact) mass is 280 g/mol. The predicted octanol–water partition coefficient (Wildman–Crippen LogP) is 1.69. The first-order chi connectivity index (χ1) is 9.56. The molecule has 0 radical (unpaired) electrons. The second kappa shape index (κ2) is 6.27. The van der Waals surface area contributed by atoms with Crippen LogP contribution in [0.1, 0.15) is 25.7 Å². The van der Waals surface area contributed by atoms with Crippen LogP contribution in [0.25, 0.3) is 0 Å². The molecule has 0 spiro atoms. The molecule has 0 unspecified atom stereocenters. The molecule has 1 saturated carbocycles. The summed E-state index contributed by atoms with van der Waals surface area (Å²) in [6.07, 6.45) is 5.44. The maximum Gasteiger partial charge on any atom is 0.306 e. The molecular formula is C12H16N4O4. The van der Waals surface area contributed by atoms with Crippen molar-refractivity contribution in [3.05, 3.63) is 22.5 Å². The highest BCUT2D eigenvalue weighted by atomic mass is 16.6. The molecule has 8 nitrogen and oxygen atoms in total. The number of hydrogen-bond donors (Lipinski definition) is 2. The highest BCUT2D eigenvalue weighted by molar-refractivity contribution is 5.69. The third-order valence-electron chi connectivity index (χ3n) is 3.59. The van der Waals surface area contributed by atoms with E-state index in [2.05, 4.69) is 15.3 Å². The van der Waals surface area contributed by atoms with Gasteiger partial charge in [0.2, 0.25) is 5.95 Å². The SMILES string of the molecule is O=C(O)C1CCC(CNc2ncc([N+](=O)[O-])cn2)CC1. The third kappa shape index (κ3) is 3.62. The average molecular weight is 280 g/mol. The van der Waals surface area contributed by atoms with Crippen molar-refractivity contribution in [1.29, 1.82) is 0 Å². The summed E-state index contributed by atoms with van der Waals surface area (Å²) in [5.41, 5.74) is -0.141. The number of carboxylic acid groups (broad SMARTS) is 1. The average Bonchev–Trinajstić information content (AvgIpc) is 2.46. The van der Waals surface area contributed by atoms with Gasteiger partial charge in [0.25, 0.3) is 0 Å². The van der Waals surface area contributed by atoms with Crippen molar-refractivity contribution >= 4 is 17.6 Å². The van der Waals surface area contributed by atoms with Crippen LogP contribution in [0.5, 0.6) is 0 Å². The fraction of sp³-hybridized carbons (Fsp3) is 0.583. The van der Waals surface area contributed by atoms with Gasteiger partial charge in [-0.3, -0.25) is 14.9 Å². The quantitative estimate of drug-likeness (QED) is 0.622. The van der Waals surface area contributed by atoms with Crippen molar-refractivity contribution in [3.8, 4) is 0 Å². The zero-order valence-corrected chi connectivity index (χ0v) is 10.9. The first-order valence-corrected chi connectivity index (χ1v) is 6.49. The molecule has 1 heterocycles. The maximum atomic E-state index is 10.8. The molecule has 1 aromatic rings. The normalized spacial score (nSPS) is 22.2. The van der Waals surface area contributed by atoms with Gasteiger partial charge in [0, 0.05) is 6.54 Å². The van der Waals surface area contributed by atoms with E-state index in [1.54, 1.807) is 0 Å². The Morgan fingerprint density at radius 1 is 1.35 bits per heavy atom. The number of carboxylic acids is 1. The Morgan fingerprint density at radius 3 is 2.45 bits per heavy atom. The molecule has 0 saturated heterocycles. The van der Waals surface area contributed by atoms with E-state index in [-0.39, 0.29) is 11.6 Å². The van der Waals surface area contributed by atoms with Gasteiger partial charge in [-0.1, -0.05) is 0 Å². The highest BCUT2D eigenvalue weighted by Gasteiger charge is 2.25. The number of aliphatic carboxylic acids is 1. The van der Waals surface area contributed by atoms with Crippen molar-refractivity contribution in [3.63, 3.8) is 0 Å². The van der Waals surface area contributed by atoms with Crippen molar-refractivity contribution in [1.82, 2.24) is 9.97 Å². The van der Waals surface area contributed by atoms with Crippen LogP contribution in [-0.4, -0.2) is 32.5 Å². The summed E-state index contributed by atoms with van der Waals surface area (Å²) in [6.45, 7) is 0.657. The van der Waals surface area contributed by atoms with Gasteiger partial charge in [-0.05, 0) is 31.6 Å². The topological polar surface area (TPSA) is 118 Å². The second-order valence-corrected chi connectivity index (χ2v) is 4.96. The first kappa shape index (κ1) is 14.2. The van der Waals surface area contributed by atoms with Crippen LogP contribution in [0.4, 0.5) is 11.6 Å². The lowest BCUT2D eigenvalue weighted by Gasteiger charge is -2.26. The Labute approximate surface area is 115 Å². The summed E-state index contributed by atoms with van der Waals surface area (Å²) < 4.78 is 0. The third-order valence-corrected chi connectivity index (χ3v) is 3.59. The minimum absolute atomic E-state index is 0.141. The Bertz CT molecular complexity index is 483. The molecule has 0 aliphatic heterocycles. The summed E-state index contributed by atoms with van der Waals surface area (Å²) in [4.78, 5) is 28.5. The zero-order valence-electron chi connectivity index (χ0n) is 10.9. The number of hydrogen-bond acceptors (Lipinski definition) is 6. The number of anilines is 1. The van der Waals surface area contributed by atoms with Gasteiger partial charge < -0.3 is 10.4 Å². The van der Waals surface area contributed by atoms with Gasteiger partial charge in [-0.25, -0.2) is 9.97 Å². The van der Waals surface area contributed by atoms with Crippen LogP contribution < -0.4 is 5.32 Å². The smallest absolute Gasteiger partial charge is 0.306 e. The lowest BCUT2D eigenvalue weighted by Crippen LogP contribution is -2.25. The van der Waals surface area contributed by atoms with Crippen LogP contribution in [0.15, 0.2) is 12.4 Å². The number of nitrogens with one attached hydrogen (secondary N) is 1.